The lowest BCUT2D eigenvalue weighted by Gasteiger charge is -2.14. The number of alkyl halides is 3. The maximum Gasteiger partial charge on any atom is 0.417 e. The molecule has 0 spiro atoms. The molecule has 0 N–H and O–H groups in total. The van der Waals surface area contributed by atoms with Crippen LogP contribution >= 0.6 is 23.2 Å². The highest BCUT2D eigenvalue weighted by atomic mass is 35.5. The number of halogens is 5. The van der Waals surface area contributed by atoms with Crippen LogP contribution in [0.25, 0.3) is 5.57 Å². The highest BCUT2D eigenvalue weighted by Crippen LogP contribution is 2.36. The Balaban J connectivity index is 0.00000167. The van der Waals surface area contributed by atoms with E-state index in [9.17, 15) is 22.8 Å². The minimum Gasteiger partial charge on any atom is -0.328 e. The number of fused-ring (bicyclic) bond motifs is 1. The van der Waals surface area contributed by atoms with Gasteiger partial charge in [-0.3, -0.25) is 14.6 Å². The number of allylic oxidation sites excluding steroid dienone is 2. The average molecular weight is 521 g/mol. The van der Waals surface area contributed by atoms with E-state index in [-0.39, 0.29) is 40.2 Å². The van der Waals surface area contributed by atoms with Crippen LogP contribution in [0.3, 0.4) is 0 Å². The van der Waals surface area contributed by atoms with E-state index in [4.69, 9.17) is 23.2 Å². The van der Waals surface area contributed by atoms with E-state index in [2.05, 4.69) is 4.98 Å². The molecule has 0 atom stereocenters. The second-order valence-electron chi connectivity index (χ2n) is 7.43. The Morgan fingerprint density at radius 2 is 1.71 bits per heavy atom. The van der Waals surface area contributed by atoms with E-state index in [1.807, 2.05) is 19.9 Å². The summed E-state index contributed by atoms with van der Waals surface area (Å²) in [6.07, 6.45) is -2.67. The molecule has 35 heavy (non-hydrogen) atoms. The Hall–Kier alpha value is -3.16. The molecule has 1 amide bonds. The summed E-state index contributed by atoms with van der Waals surface area (Å²) in [4.78, 5) is 31.2. The zero-order chi connectivity index (χ0) is 25.8. The van der Waals surface area contributed by atoms with Crippen LogP contribution in [0.15, 0.2) is 66.9 Å². The second-order valence-corrected chi connectivity index (χ2v) is 8.31. The number of rotatable bonds is 5. The molecular formula is C26H21Cl2F3N2O2. The van der Waals surface area contributed by atoms with Crippen molar-refractivity contribution in [3.05, 3.63) is 105 Å². The molecule has 9 heteroatoms. The molecule has 0 radical (unpaired) electrons. The van der Waals surface area contributed by atoms with Gasteiger partial charge in [-0.25, -0.2) is 0 Å². The minimum absolute atomic E-state index is 0.0177. The molecule has 0 saturated carbocycles. The number of carbonyl (C=O) groups is 2. The Morgan fingerprint density at radius 1 is 1.03 bits per heavy atom. The number of aromatic nitrogens is 1. The first-order valence-corrected chi connectivity index (χ1v) is 11.5. The summed E-state index contributed by atoms with van der Waals surface area (Å²) in [5.74, 6) is -1.08. The first-order chi connectivity index (χ1) is 16.6. The van der Waals surface area contributed by atoms with Gasteiger partial charge in [-0.15, -0.1) is 0 Å². The van der Waals surface area contributed by atoms with Crippen LogP contribution < -0.4 is 0 Å². The molecule has 4 rings (SSSR count). The highest BCUT2D eigenvalue weighted by Gasteiger charge is 2.36. The van der Waals surface area contributed by atoms with Crippen molar-refractivity contribution in [3.63, 3.8) is 0 Å². The zero-order valence-electron chi connectivity index (χ0n) is 18.9. The number of ketones is 1. The van der Waals surface area contributed by atoms with Crippen LogP contribution in [-0.2, 0) is 13.1 Å². The SMILES string of the molecule is CC.O=C(/C=C(/c1cc(Cl)cc(Cl)c1)C(F)(F)F)c1ccc2c(c1)CN(Cc1ccccn1)C2=O. The molecule has 0 bridgehead atoms. The van der Waals surface area contributed by atoms with Crippen LogP contribution in [0.5, 0.6) is 0 Å². The van der Waals surface area contributed by atoms with Gasteiger partial charge in [0.2, 0.25) is 0 Å². The first-order valence-electron chi connectivity index (χ1n) is 10.7. The summed E-state index contributed by atoms with van der Waals surface area (Å²) < 4.78 is 41.1. The fraction of sp³-hybridized carbons (Fsp3) is 0.192. The van der Waals surface area contributed by atoms with Crippen LogP contribution in [0.1, 0.15) is 51.4 Å². The number of hydrogen-bond acceptors (Lipinski definition) is 3. The normalized spacial score (nSPS) is 13.3. The van der Waals surface area contributed by atoms with E-state index in [1.165, 1.54) is 24.3 Å². The van der Waals surface area contributed by atoms with Crippen molar-refractivity contribution in [3.8, 4) is 0 Å². The number of amides is 1. The van der Waals surface area contributed by atoms with Crippen molar-refractivity contribution >= 4 is 40.5 Å². The van der Waals surface area contributed by atoms with Gasteiger partial charge in [0.1, 0.15) is 0 Å². The average Bonchev–Trinajstić information content (AvgIpc) is 3.12. The van der Waals surface area contributed by atoms with E-state index in [1.54, 1.807) is 23.2 Å². The third-order valence-corrected chi connectivity index (χ3v) is 5.54. The fourth-order valence-corrected chi connectivity index (χ4v) is 4.13. The van der Waals surface area contributed by atoms with Gasteiger partial charge in [0.15, 0.2) is 5.78 Å². The number of benzene rings is 2. The van der Waals surface area contributed by atoms with Gasteiger partial charge in [0.05, 0.1) is 17.8 Å². The summed E-state index contributed by atoms with van der Waals surface area (Å²) in [7, 11) is 0. The Morgan fingerprint density at radius 3 is 2.31 bits per heavy atom. The van der Waals surface area contributed by atoms with Crippen molar-refractivity contribution in [2.45, 2.75) is 33.1 Å². The predicted molar refractivity (Wildman–Crippen MR) is 130 cm³/mol. The molecular weight excluding hydrogens is 500 g/mol. The zero-order valence-corrected chi connectivity index (χ0v) is 20.4. The number of nitrogens with zero attached hydrogens (tertiary/aromatic N) is 2. The van der Waals surface area contributed by atoms with E-state index >= 15 is 0 Å². The molecule has 0 saturated heterocycles. The first kappa shape index (κ1) is 26.4. The van der Waals surface area contributed by atoms with Gasteiger partial charge < -0.3 is 4.90 Å². The lowest BCUT2D eigenvalue weighted by Crippen LogP contribution is -2.23. The molecule has 3 aromatic rings. The molecule has 1 aromatic heterocycles. The van der Waals surface area contributed by atoms with Crippen molar-refractivity contribution in [1.82, 2.24) is 9.88 Å². The maximum atomic E-state index is 13.7. The van der Waals surface area contributed by atoms with Gasteiger partial charge in [0, 0.05) is 33.9 Å². The number of carbonyl (C=O) groups excluding carboxylic acids is 2. The monoisotopic (exact) mass is 520 g/mol. The van der Waals surface area contributed by atoms with Gasteiger partial charge >= 0.3 is 6.18 Å². The second kappa shape index (κ2) is 11.1. The molecule has 182 valence electrons. The van der Waals surface area contributed by atoms with Gasteiger partial charge in [-0.2, -0.15) is 13.2 Å². The van der Waals surface area contributed by atoms with Gasteiger partial charge in [-0.1, -0.05) is 49.2 Å². The van der Waals surface area contributed by atoms with Crippen LogP contribution in [0.4, 0.5) is 13.2 Å². The summed E-state index contributed by atoms with van der Waals surface area (Å²) in [5, 5.41) is 0.0354. The molecule has 1 aliphatic rings. The van der Waals surface area contributed by atoms with Crippen molar-refractivity contribution in [2.75, 3.05) is 0 Å². The highest BCUT2D eigenvalue weighted by molar-refractivity contribution is 6.35. The summed E-state index contributed by atoms with van der Waals surface area (Å²) in [5.41, 5.74) is 0.235. The summed E-state index contributed by atoms with van der Waals surface area (Å²) >= 11 is 11.7. The van der Waals surface area contributed by atoms with Crippen molar-refractivity contribution in [1.29, 1.82) is 0 Å². The molecule has 4 nitrogen and oxygen atoms in total. The lowest BCUT2D eigenvalue weighted by atomic mass is 9.99. The molecule has 2 heterocycles. The predicted octanol–water partition coefficient (Wildman–Crippen LogP) is 7.40. The smallest absolute Gasteiger partial charge is 0.328 e. The van der Waals surface area contributed by atoms with E-state index < -0.39 is 17.5 Å². The lowest BCUT2D eigenvalue weighted by molar-refractivity contribution is -0.0689. The largest absolute Gasteiger partial charge is 0.417 e. The molecule has 0 unspecified atom stereocenters. The van der Waals surface area contributed by atoms with Crippen molar-refractivity contribution < 1.29 is 22.8 Å². The number of pyridine rings is 1. The van der Waals surface area contributed by atoms with Crippen LogP contribution in [0.2, 0.25) is 10.0 Å². The summed E-state index contributed by atoms with van der Waals surface area (Å²) in [6.45, 7) is 4.51. The molecule has 2 aromatic carbocycles. The summed E-state index contributed by atoms with van der Waals surface area (Å²) in [6, 6.07) is 13.1. The van der Waals surface area contributed by atoms with Crippen LogP contribution in [-0.4, -0.2) is 27.8 Å². The van der Waals surface area contributed by atoms with Crippen molar-refractivity contribution in [2.24, 2.45) is 0 Å². The Kier molecular flexibility index (Phi) is 8.35. The topological polar surface area (TPSA) is 50.3 Å². The quantitative estimate of drug-likeness (QED) is 0.260. The standard InChI is InChI=1S/C24H15Cl2F3N2O2.C2H6/c25-17-8-15(9-18(26)10-17)21(24(27,28)29)11-22(32)14-4-5-20-16(7-14)12-31(23(20)33)13-19-3-1-2-6-30-19;1-2/h1-11H,12-13H2;1-2H3/b21-11-;. The Bertz CT molecular complexity index is 1260. The minimum atomic E-state index is -4.81. The van der Waals surface area contributed by atoms with Gasteiger partial charge in [0.25, 0.3) is 5.91 Å². The van der Waals surface area contributed by atoms with Gasteiger partial charge in [-0.05, 0) is 59.7 Å². The fourth-order valence-electron chi connectivity index (χ4n) is 3.60. The third kappa shape index (κ3) is 6.29. The number of hydrogen-bond donors (Lipinski definition) is 0. The molecule has 0 aliphatic carbocycles. The molecule has 1 aliphatic heterocycles. The van der Waals surface area contributed by atoms with E-state index in [0.29, 0.717) is 22.9 Å². The maximum absolute atomic E-state index is 13.7. The van der Waals surface area contributed by atoms with Crippen LogP contribution in [0, 0.1) is 0 Å². The molecule has 0 fully saturated rings. The Labute approximate surface area is 211 Å². The van der Waals surface area contributed by atoms with E-state index in [0.717, 1.165) is 12.1 Å². The third-order valence-electron chi connectivity index (χ3n) is 5.10.